The molecule has 3 rings (SSSR count). The standard InChI is InChI=1S/C25H34N4O/c1-27(24-13-6-3-7-14-24)16-9-15-26-25(30)22-29-20-18-28(19-21-29)17-8-12-23-10-4-2-5-11-23/h2-8,10-14H,9,15-22H2,1H3,(H,26,30)/b12-8+. The average molecular weight is 407 g/mol. The molecule has 5 nitrogen and oxygen atoms in total. The van der Waals surface area contributed by atoms with Crippen LogP contribution in [-0.4, -0.2) is 75.1 Å². The van der Waals surface area contributed by atoms with Gasteiger partial charge in [-0.05, 0) is 24.1 Å². The van der Waals surface area contributed by atoms with Gasteiger partial charge in [-0.2, -0.15) is 0 Å². The first kappa shape index (κ1) is 22.1. The lowest BCUT2D eigenvalue weighted by molar-refractivity contribution is -0.122. The highest BCUT2D eigenvalue weighted by Gasteiger charge is 2.17. The monoisotopic (exact) mass is 406 g/mol. The molecule has 0 saturated carbocycles. The highest BCUT2D eigenvalue weighted by molar-refractivity contribution is 5.78. The van der Waals surface area contributed by atoms with E-state index in [0.29, 0.717) is 6.54 Å². The van der Waals surface area contributed by atoms with Gasteiger partial charge < -0.3 is 10.2 Å². The molecule has 1 N–H and O–H groups in total. The van der Waals surface area contributed by atoms with Gasteiger partial charge in [0.15, 0.2) is 0 Å². The van der Waals surface area contributed by atoms with Crippen molar-refractivity contribution in [3.63, 3.8) is 0 Å². The zero-order valence-electron chi connectivity index (χ0n) is 18.0. The molecule has 1 amide bonds. The summed E-state index contributed by atoms with van der Waals surface area (Å²) < 4.78 is 0. The zero-order valence-corrected chi connectivity index (χ0v) is 18.0. The van der Waals surface area contributed by atoms with Crippen LogP contribution in [0, 0.1) is 0 Å². The molecule has 30 heavy (non-hydrogen) atoms. The van der Waals surface area contributed by atoms with Crippen LogP contribution >= 0.6 is 0 Å². The van der Waals surface area contributed by atoms with Crippen LogP contribution in [0.5, 0.6) is 0 Å². The van der Waals surface area contributed by atoms with Gasteiger partial charge >= 0.3 is 0 Å². The molecule has 0 spiro atoms. The van der Waals surface area contributed by atoms with Crippen LogP contribution in [0.1, 0.15) is 12.0 Å². The van der Waals surface area contributed by atoms with E-state index in [0.717, 1.165) is 52.2 Å². The molecule has 5 heteroatoms. The lowest BCUT2D eigenvalue weighted by Gasteiger charge is -2.33. The van der Waals surface area contributed by atoms with Crippen LogP contribution in [0.2, 0.25) is 0 Å². The maximum atomic E-state index is 12.2. The number of nitrogens with zero attached hydrogens (tertiary/aromatic N) is 3. The summed E-state index contributed by atoms with van der Waals surface area (Å²) >= 11 is 0. The Labute approximate surface area is 181 Å². The summed E-state index contributed by atoms with van der Waals surface area (Å²) in [6.07, 6.45) is 5.35. The second kappa shape index (κ2) is 12.2. The Hall–Kier alpha value is -2.63. The fraction of sp³-hybridized carbons (Fsp3) is 0.400. The SMILES string of the molecule is CN(CCCNC(=O)CN1CCN(C/C=C/c2ccccc2)CC1)c1ccccc1. The van der Waals surface area contributed by atoms with Crippen molar-refractivity contribution in [1.82, 2.24) is 15.1 Å². The first-order chi connectivity index (χ1) is 14.7. The molecule has 0 bridgehead atoms. The molecular formula is C25H34N4O. The molecule has 160 valence electrons. The van der Waals surface area contributed by atoms with E-state index in [1.165, 1.54) is 11.3 Å². The summed E-state index contributed by atoms with van der Waals surface area (Å²) in [7, 11) is 2.09. The fourth-order valence-electron chi connectivity index (χ4n) is 3.65. The van der Waals surface area contributed by atoms with Crippen LogP contribution in [0.25, 0.3) is 6.08 Å². The number of benzene rings is 2. The maximum absolute atomic E-state index is 12.2. The summed E-state index contributed by atoms with van der Waals surface area (Å²) in [5.41, 5.74) is 2.45. The van der Waals surface area contributed by atoms with Gasteiger partial charge in [-0.15, -0.1) is 0 Å². The Morgan fingerprint density at radius 2 is 1.60 bits per heavy atom. The van der Waals surface area contributed by atoms with Crippen LogP contribution < -0.4 is 10.2 Å². The van der Waals surface area contributed by atoms with Gasteiger partial charge in [0.05, 0.1) is 6.54 Å². The summed E-state index contributed by atoms with van der Waals surface area (Å²) in [5.74, 6) is 0.134. The van der Waals surface area contributed by atoms with Crippen molar-refractivity contribution in [3.8, 4) is 0 Å². The van der Waals surface area contributed by atoms with Crippen molar-refractivity contribution < 1.29 is 4.79 Å². The van der Waals surface area contributed by atoms with Crippen molar-refractivity contribution in [1.29, 1.82) is 0 Å². The average Bonchev–Trinajstić information content (AvgIpc) is 2.79. The van der Waals surface area contributed by atoms with Crippen LogP contribution in [0.4, 0.5) is 5.69 Å². The molecule has 0 radical (unpaired) electrons. The Bertz CT molecular complexity index is 770. The molecule has 1 saturated heterocycles. The second-order valence-corrected chi connectivity index (χ2v) is 7.85. The summed E-state index contributed by atoms with van der Waals surface area (Å²) in [5, 5.41) is 3.07. The van der Waals surface area contributed by atoms with Gasteiger partial charge in [0.2, 0.25) is 5.91 Å². The van der Waals surface area contributed by atoms with Crippen molar-refractivity contribution in [3.05, 3.63) is 72.3 Å². The minimum atomic E-state index is 0.134. The van der Waals surface area contributed by atoms with E-state index in [4.69, 9.17) is 0 Å². The first-order valence-corrected chi connectivity index (χ1v) is 10.9. The van der Waals surface area contributed by atoms with E-state index in [2.05, 4.69) is 75.6 Å². The van der Waals surface area contributed by atoms with E-state index >= 15 is 0 Å². The van der Waals surface area contributed by atoms with Gasteiger partial charge in [-0.3, -0.25) is 14.6 Å². The molecule has 2 aromatic rings. The molecule has 0 unspecified atom stereocenters. The molecule has 0 atom stereocenters. The molecular weight excluding hydrogens is 372 g/mol. The van der Waals surface area contributed by atoms with Crippen molar-refractivity contribution in [2.24, 2.45) is 0 Å². The van der Waals surface area contributed by atoms with Gasteiger partial charge in [0.1, 0.15) is 0 Å². The van der Waals surface area contributed by atoms with Gasteiger partial charge in [0, 0.05) is 58.5 Å². The number of carbonyl (C=O) groups excluding carboxylic acids is 1. The second-order valence-electron chi connectivity index (χ2n) is 7.85. The number of piperazine rings is 1. The topological polar surface area (TPSA) is 38.8 Å². The number of para-hydroxylation sites is 1. The quantitative estimate of drug-likeness (QED) is 0.616. The molecule has 1 aliphatic rings. The third-order valence-electron chi connectivity index (χ3n) is 5.50. The first-order valence-electron chi connectivity index (χ1n) is 10.9. The predicted octanol–water partition coefficient (Wildman–Crippen LogP) is 2.96. The largest absolute Gasteiger partial charge is 0.375 e. The molecule has 0 aromatic heterocycles. The molecule has 1 aliphatic heterocycles. The molecule has 1 fully saturated rings. The number of amides is 1. The van der Waals surface area contributed by atoms with Gasteiger partial charge in [-0.1, -0.05) is 60.7 Å². The van der Waals surface area contributed by atoms with E-state index in [1.807, 2.05) is 24.3 Å². The third-order valence-corrected chi connectivity index (χ3v) is 5.50. The minimum absolute atomic E-state index is 0.134. The Morgan fingerprint density at radius 3 is 2.30 bits per heavy atom. The zero-order chi connectivity index (χ0) is 21.0. The normalized spacial score (nSPS) is 15.4. The molecule has 2 aromatic carbocycles. The minimum Gasteiger partial charge on any atom is -0.375 e. The van der Waals surface area contributed by atoms with Crippen molar-refractivity contribution in [2.45, 2.75) is 6.42 Å². The Balaban J connectivity index is 1.25. The lowest BCUT2D eigenvalue weighted by Crippen LogP contribution is -2.49. The Morgan fingerprint density at radius 1 is 0.967 bits per heavy atom. The molecule has 1 heterocycles. The van der Waals surface area contributed by atoms with E-state index in [9.17, 15) is 4.79 Å². The summed E-state index contributed by atoms with van der Waals surface area (Å²) in [4.78, 5) is 19.2. The number of hydrogen-bond donors (Lipinski definition) is 1. The van der Waals surface area contributed by atoms with Gasteiger partial charge in [0.25, 0.3) is 0 Å². The summed E-state index contributed by atoms with van der Waals surface area (Å²) in [6, 6.07) is 20.7. The number of hydrogen-bond acceptors (Lipinski definition) is 4. The lowest BCUT2D eigenvalue weighted by atomic mass is 10.2. The maximum Gasteiger partial charge on any atom is 0.234 e. The Kier molecular flexibility index (Phi) is 8.94. The number of anilines is 1. The molecule has 0 aliphatic carbocycles. The van der Waals surface area contributed by atoms with Crippen LogP contribution in [0.15, 0.2) is 66.7 Å². The van der Waals surface area contributed by atoms with Crippen LogP contribution in [0.3, 0.4) is 0 Å². The van der Waals surface area contributed by atoms with Gasteiger partial charge in [-0.25, -0.2) is 0 Å². The van der Waals surface area contributed by atoms with Crippen LogP contribution in [-0.2, 0) is 4.79 Å². The smallest absolute Gasteiger partial charge is 0.234 e. The number of rotatable bonds is 10. The third kappa shape index (κ3) is 7.65. The fourth-order valence-corrected chi connectivity index (χ4v) is 3.65. The predicted molar refractivity (Wildman–Crippen MR) is 126 cm³/mol. The van der Waals surface area contributed by atoms with Crippen molar-refractivity contribution >= 4 is 17.7 Å². The highest BCUT2D eigenvalue weighted by atomic mass is 16.2. The summed E-state index contributed by atoms with van der Waals surface area (Å²) in [6.45, 7) is 7.03. The van der Waals surface area contributed by atoms with E-state index in [1.54, 1.807) is 0 Å². The van der Waals surface area contributed by atoms with E-state index in [-0.39, 0.29) is 5.91 Å². The van der Waals surface area contributed by atoms with E-state index < -0.39 is 0 Å². The highest BCUT2D eigenvalue weighted by Crippen LogP contribution is 2.10. The number of nitrogens with one attached hydrogen (secondary N) is 1. The van der Waals surface area contributed by atoms with Crippen molar-refractivity contribution in [2.75, 3.05) is 64.3 Å². The number of carbonyl (C=O) groups is 1.